The number of rotatable bonds is 5. The zero-order valence-corrected chi connectivity index (χ0v) is 13.9. The lowest BCUT2D eigenvalue weighted by molar-refractivity contribution is -0.0933. The molecule has 0 radical (unpaired) electrons. The highest BCUT2D eigenvalue weighted by atomic mass is 16.6. The van der Waals surface area contributed by atoms with E-state index in [1.54, 1.807) is 16.6 Å². The number of tetrazole rings is 1. The van der Waals surface area contributed by atoms with Gasteiger partial charge in [0.05, 0.1) is 32.5 Å². The molecule has 1 atom stereocenters. The Morgan fingerprint density at radius 1 is 1.33 bits per heavy atom. The van der Waals surface area contributed by atoms with Gasteiger partial charge in [0.15, 0.2) is 0 Å². The van der Waals surface area contributed by atoms with Gasteiger partial charge in [-0.1, -0.05) is 12.1 Å². The molecule has 0 unspecified atom stereocenters. The summed E-state index contributed by atoms with van der Waals surface area (Å²) in [5.41, 5.74) is 1.68. The molecule has 2 aromatic rings. The summed E-state index contributed by atoms with van der Waals surface area (Å²) in [5, 5.41) is 11.4. The molecule has 2 heterocycles. The summed E-state index contributed by atoms with van der Waals surface area (Å²) in [4.78, 5) is 14.2. The van der Waals surface area contributed by atoms with Crippen LogP contribution in [0.15, 0.2) is 24.3 Å². The number of aryl methyl sites for hydroxylation is 1. The molecule has 1 saturated heterocycles. The molecule has 1 aliphatic heterocycles. The van der Waals surface area contributed by atoms with Crippen LogP contribution in [0.1, 0.15) is 21.7 Å². The van der Waals surface area contributed by atoms with Gasteiger partial charge in [-0.3, -0.25) is 4.79 Å². The first-order chi connectivity index (χ1) is 11.6. The lowest BCUT2D eigenvalue weighted by atomic mass is 10.1. The molecule has 0 bridgehead atoms. The summed E-state index contributed by atoms with van der Waals surface area (Å²) in [6.45, 7) is 4.68. The van der Waals surface area contributed by atoms with E-state index in [2.05, 4.69) is 15.5 Å². The van der Waals surface area contributed by atoms with Crippen molar-refractivity contribution in [2.45, 2.75) is 19.6 Å². The third kappa shape index (κ3) is 3.95. The Balaban J connectivity index is 1.59. The first-order valence-corrected chi connectivity index (χ1v) is 7.90. The fourth-order valence-electron chi connectivity index (χ4n) is 2.57. The summed E-state index contributed by atoms with van der Waals surface area (Å²) in [5.74, 6) is 0.721. The van der Waals surface area contributed by atoms with Crippen molar-refractivity contribution in [2.75, 3.05) is 33.4 Å². The quantitative estimate of drug-likeness (QED) is 0.794. The van der Waals surface area contributed by atoms with Crippen molar-refractivity contribution in [3.8, 4) is 0 Å². The third-order valence-corrected chi connectivity index (χ3v) is 3.95. The van der Waals surface area contributed by atoms with Gasteiger partial charge in [0.2, 0.25) is 0 Å². The van der Waals surface area contributed by atoms with E-state index in [9.17, 15) is 4.79 Å². The van der Waals surface area contributed by atoms with E-state index < -0.39 is 0 Å². The zero-order chi connectivity index (χ0) is 16.9. The van der Waals surface area contributed by atoms with Crippen LogP contribution in [-0.4, -0.2) is 70.5 Å². The minimum atomic E-state index is -0.0604. The minimum Gasteiger partial charge on any atom is -0.376 e. The number of aromatic nitrogens is 4. The molecule has 1 aromatic carbocycles. The van der Waals surface area contributed by atoms with E-state index in [-0.39, 0.29) is 12.0 Å². The van der Waals surface area contributed by atoms with E-state index >= 15 is 0 Å². The van der Waals surface area contributed by atoms with Crippen molar-refractivity contribution in [3.05, 3.63) is 41.2 Å². The van der Waals surface area contributed by atoms with Crippen molar-refractivity contribution in [1.82, 2.24) is 25.1 Å². The van der Waals surface area contributed by atoms with Crippen LogP contribution in [0, 0.1) is 6.92 Å². The number of amides is 1. The predicted octanol–water partition coefficient (Wildman–Crippen LogP) is 0.517. The summed E-state index contributed by atoms with van der Waals surface area (Å²) in [7, 11) is 1.78. The summed E-state index contributed by atoms with van der Waals surface area (Å²) < 4.78 is 12.7. The molecule has 1 aliphatic rings. The van der Waals surface area contributed by atoms with E-state index in [1.165, 1.54) is 0 Å². The predicted molar refractivity (Wildman–Crippen MR) is 85.6 cm³/mol. The van der Waals surface area contributed by atoms with Crippen LogP contribution >= 0.6 is 0 Å². The average molecular weight is 331 g/mol. The zero-order valence-electron chi connectivity index (χ0n) is 13.9. The molecule has 0 spiro atoms. The Bertz CT molecular complexity index is 679. The highest BCUT2D eigenvalue weighted by molar-refractivity contribution is 5.94. The molecule has 0 saturated carbocycles. The molecule has 8 heteroatoms. The molecule has 0 N–H and O–H groups in total. The van der Waals surface area contributed by atoms with Gasteiger partial charge < -0.3 is 14.4 Å². The summed E-state index contributed by atoms with van der Waals surface area (Å²) in [6, 6.07) is 7.49. The van der Waals surface area contributed by atoms with Crippen LogP contribution in [0.25, 0.3) is 0 Å². The number of benzene rings is 1. The van der Waals surface area contributed by atoms with Gasteiger partial charge in [0.25, 0.3) is 5.91 Å². The lowest BCUT2D eigenvalue weighted by Gasteiger charge is -2.27. The van der Waals surface area contributed by atoms with Gasteiger partial charge in [-0.15, -0.1) is 5.10 Å². The van der Waals surface area contributed by atoms with Gasteiger partial charge in [-0.05, 0) is 35.0 Å². The normalized spacial score (nSPS) is 17.7. The smallest absolute Gasteiger partial charge is 0.253 e. The van der Waals surface area contributed by atoms with E-state index in [0.29, 0.717) is 38.5 Å². The van der Waals surface area contributed by atoms with Crippen LogP contribution < -0.4 is 0 Å². The summed E-state index contributed by atoms with van der Waals surface area (Å²) >= 11 is 0. The second-order valence-corrected chi connectivity index (χ2v) is 5.83. The Hall–Kier alpha value is -2.32. The maximum absolute atomic E-state index is 12.5. The van der Waals surface area contributed by atoms with Crippen molar-refractivity contribution in [2.24, 2.45) is 0 Å². The second kappa shape index (κ2) is 7.50. The molecule has 128 valence electrons. The van der Waals surface area contributed by atoms with Gasteiger partial charge in [-0.25, -0.2) is 4.68 Å². The highest BCUT2D eigenvalue weighted by Crippen LogP contribution is 2.10. The fourth-order valence-corrected chi connectivity index (χ4v) is 2.57. The first kappa shape index (κ1) is 16.5. The average Bonchev–Trinajstić information content (AvgIpc) is 3.00. The van der Waals surface area contributed by atoms with Crippen LogP contribution in [0.4, 0.5) is 0 Å². The van der Waals surface area contributed by atoms with Crippen LogP contribution in [0.3, 0.4) is 0 Å². The number of hydrogen-bond acceptors (Lipinski definition) is 6. The van der Waals surface area contributed by atoms with Crippen molar-refractivity contribution in [1.29, 1.82) is 0 Å². The maximum Gasteiger partial charge on any atom is 0.253 e. The number of nitrogens with zero attached hydrogens (tertiary/aromatic N) is 5. The number of hydrogen-bond donors (Lipinski definition) is 0. The van der Waals surface area contributed by atoms with Crippen LogP contribution in [-0.2, 0) is 16.0 Å². The first-order valence-electron chi connectivity index (χ1n) is 7.90. The highest BCUT2D eigenvalue weighted by Gasteiger charge is 2.20. The Morgan fingerprint density at radius 3 is 2.75 bits per heavy atom. The molecular weight excluding hydrogens is 310 g/mol. The molecule has 1 aromatic heterocycles. The Labute approximate surface area is 140 Å². The molecular formula is C16H21N5O3. The van der Waals surface area contributed by atoms with Gasteiger partial charge >= 0.3 is 0 Å². The Morgan fingerprint density at radius 2 is 2.12 bits per heavy atom. The van der Waals surface area contributed by atoms with Crippen LogP contribution in [0.5, 0.6) is 0 Å². The number of carbonyl (C=O) groups excluding carboxylic acids is 1. The van der Waals surface area contributed by atoms with Gasteiger partial charge in [0, 0.05) is 19.2 Å². The molecule has 24 heavy (non-hydrogen) atoms. The Kier molecular flexibility index (Phi) is 5.17. The molecule has 1 fully saturated rings. The fraction of sp³-hybridized carbons (Fsp3) is 0.500. The second-order valence-electron chi connectivity index (χ2n) is 5.83. The van der Waals surface area contributed by atoms with E-state index in [1.807, 2.05) is 31.2 Å². The van der Waals surface area contributed by atoms with Gasteiger partial charge in [-0.2, -0.15) is 0 Å². The molecule has 1 amide bonds. The summed E-state index contributed by atoms with van der Waals surface area (Å²) in [6.07, 6.45) is -0.0604. The third-order valence-electron chi connectivity index (χ3n) is 3.95. The number of likely N-dealkylation sites (N-methyl/N-ethyl adjacent to an activating group) is 1. The lowest BCUT2D eigenvalue weighted by Crippen LogP contribution is -2.40. The number of carbonyl (C=O) groups is 1. The SMILES string of the molecule is Cc1nnnn1Cc1ccc(C(=O)N(C)C[C@H]2COCCO2)cc1. The van der Waals surface area contributed by atoms with Crippen LogP contribution in [0.2, 0.25) is 0 Å². The van der Waals surface area contributed by atoms with Gasteiger partial charge in [0.1, 0.15) is 5.82 Å². The monoisotopic (exact) mass is 331 g/mol. The van der Waals surface area contributed by atoms with Crippen molar-refractivity contribution in [3.63, 3.8) is 0 Å². The van der Waals surface area contributed by atoms with Crippen molar-refractivity contribution < 1.29 is 14.3 Å². The maximum atomic E-state index is 12.5. The largest absolute Gasteiger partial charge is 0.376 e. The number of ether oxygens (including phenoxy) is 2. The standard InChI is InChI=1S/C16H21N5O3/c1-12-17-18-19-21(12)9-13-3-5-14(6-4-13)16(22)20(2)10-15-11-23-7-8-24-15/h3-6,15H,7-11H2,1-2H3/t15-/m0/s1. The van der Waals surface area contributed by atoms with E-state index in [0.717, 1.165) is 11.4 Å². The molecule has 3 rings (SSSR count). The van der Waals surface area contributed by atoms with Crippen molar-refractivity contribution >= 4 is 5.91 Å². The molecule has 0 aliphatic carbocycles. The molecule has 8 nitrogen and oxygen atoms in total. The van der Waals surface area contributed by atoms with E-state index in [4.69, 9.17) is 9.47 Å². The topological polar surface area (TPSA) is 82.4 Å². The minimum absolute atomic E-state index is 0.0330.